The van der Waals surface area contributed by atoms with Crippen molar-refractivity contribution < 1.29 is 22.4 Å². The van der Waals surface area contributed by atoms with Crippen LogP contribution in [0.4, 0.5) is 15.8 Å². The second-order valence-electron chi connectivity index (χ2n) is 6.94. The van der Waals surface area contributed by atoms with Crippen molar-refractivity contribution >= 4 is 33.1 Å². The van der Waals surface area contributed by atoms with E-state index in [0.29, 0.717) is 5.56 Å². The largest absolute Gasteiger partial charge is 0.324 e. The fourth-order valence-electron chi connectivity index (χ4n) is 3.17. The van der Waals surface area contributed by atoms with Gasteiger partial charge < -0.3 is 5.32 Å². The molecule has 1 amide bonds. The van der Waals surface area contributed by atoms with Gasteiger partial charge in [-0.2, -0.15) is 0 Å². The highest BCUT2D eigenvalue weighted by Gasteiger charge is 2.30. The minimum atomic E-state index is -3.85. The first-order chi connectivity index (χ1) is 14.7. The van der Waals surface area contributed by atoms with Crippen molar-refractivity contribution in [3.05, 3.63) is 95.8 Å². The van der Waals surface area contributed by atoms with Crippen molar-refractivity contribution in [2.45, 2.75) is 13.0 Å². The van der Waals surface area contributed by atoms with Gasteiger partial charge in [0.15, 0.2) is 5.78 Å². The van der Waals surface area contributed by atoms with Gasteiger partial charge in [0, 0.05) is 11.1 Å². The van der Waals surface area contributed by atoms with Gasteiger partial charge in [-0.05, 0) is 43.3 Å². The van der Waals surface area contributed by atoms with Crippen molar-refractivity contribution in [1.82, 2.24) is 0 Å². The van der Waals surface area contributed by atoms with Crippen LogP contribution in [0.15, 0.2) is 78.9 Å². The number of amides is 1. The van der Waals surface area contributed by atoms with Crippen LogP contribution >= 0.6 is 0 Å². The first-order valence-corrected chi connectivity index (χ1v) is 11.3. The Kier molecular flexibility index (Phi) is 6.50. The topological polar surface area (TPSA) is 83.6 Å². The molecule has 0 fully saturated rings. The molecule has 8 heteroatoms. The van der Waals surface area contributed by atoms with Gasteiger partial charge in [-0.1, -0.05) is 42.5 Å². The standard InChI is InChI=1S/C23H21FN2O4S/c1-16(26(31(2,29)30)19-14-12-18(24)13-15-19)23(28)25-21-11-7-6-10-20(21)22(27)17-8-4-3-5-9-17/h3-16H,1-2H3,(H,25,28). The summed E-state index contributed by atoms with van der Waals surface area (Å²) in [5, 5.41) is 2.65. The van der Waals surface area contributed by atoms with E-state index < -0.39 is 27.8 Å². The Morgan fingerprint density at radius 1 is 0.903 bits per heavy atom. The van der Waals surface area contributed by atoms with Crippen molar-refractivity contribution in [1.29, 1.82) is 0 Å². The summed E-state index contributed by atoms with van der Waals surface area (Å²) in [6.07, 6.45) is 0.965. The Bertz CT molecular complexity index is 1200. The number of rotatable bonds is 7. The minimum absolute atomic E-state index is 0.153. The van der Waals surface area contributed by atoms with Crippen molar-refractivity contribution in [3.63, 3.8) is 0 Å². The molecule has 0 heterocycles. The quantitative estimate of drug-likeness (QED) is 0.566. The summed E-state index contributed by atoms with van der Waals surface area (Å²) >= 11 is 0. The molecule has 0 aliphatic heterocycles. The number of carbonyl (C=O) groups is 2. The summed E-state index contributed by atoms with van der Waals surface area (Å²) in [6, 6.07) is 18.8. The third-order valence-corrected chi connectivity index (χ3v) is 5.88. The Balaban J connectivity index is 1.90. The van der Waals surface area contributed by atoms with Crippen molar-refractivity contribution in [2.24, 2.45) is 0 Å². The van der Waals surface area contributed by atoms with E-state index in [-0.39, 0.29) is 22.7 Å². The lowest BCUT2D eigenvalue weighted by Gasteiger charge is -2.28. The SMILES string of the molecule is CC(C(=O)Nc1ccccc1C(=O)c1ccccc1)N(c1ccc(F)cc1)S(C)(=O)=O. The first kappa shape index (κ1) is 22.2. The van der Waals surface area contributed by atoms with Crippen LogP contribution in [-0.4, -0.2) is 32.4 Å². The Hall–Kier alpha value is -3.52. The average Bonchev–Trinajstić information content (AvgIpc) is 2.75. The first-order valence-electron chi connectivity index (χ1n) is 9.43. The zero-order valence-electron chi connectivity index (χ0n) is 16.9. The van der Waals surface area contributed by atoms with Crippen LogP contribution in [0.3, 0.4) is 0 Å². The molecule has 31 heavy (non-hydrogen) atoms. The Labute approximate surface area is 180 Å². The van der Waals surface area contributed by atoms with Crippen molar-refractivity contribution in [2.75, 3.05) is 15.9 Å². The molecule has 1 N–H and O–H groups in total. The maximum Gasteiger partial charge on any atom is 0.248 e. The monoisotopic (exact) mass is 440 g/mol. The van der Waals surface area contributed by atoms with E-state index in [0.717, 1.165) is 22.7 Å². The number of hydrogen-bond acceptors (Lipinski definition) is 4. The highest BCUT2D eigenvalue weighted by molar-refractivity contribution is 7.92. The molecule has 3 aromatic rings. The van der Waals surface area contributed by atoms with E-state index in [4.69, 9.17) is 0 Å². The number of anilines is 2. The van der Waals surface area contributed by atoms with Crippen LogP contribution in [0.2, 0.25) is 0 Å². The van der Waals surface area contributed by atoms with Crippen LogP contribution in [0.25, 0.3) is 0 Å². The molecule has 1 atom stereocenters. The minimum Gasteiger partial charge on any atom is -0.324 e. The number of carbonyl (C=O) groups excluding carboxylic acids is 2. The van der Waals surface area contributed by atoms with E-state index in [1.54, 1.807) is 54.6 Å². The van der Waals surface area contributed by atoms with Crippen LogP contribution < -0.4 is 9.62 Å². The highest BCUT2D eigenvalue weighted by Crippen LogP contribution is 2.24. The summed E-state index contributed by atoms with van der Waals surface area (Å²) in [7, 11) is -3.85. The van der Waals surface area contributed by atoms with Crippen LogP contribution in [-0.2, 0) is 14.8 Å². The number of benzene rings is 3. The van der Waals surface area contributed by atoms with Crippen LogP contribution in [0.5, 0.6) is 0 Å². The van der Waals surface area contributed by atoms with E-state index in [1.165, 1.54) is 19.1 Å². The molecule has 0 aliphatic carbocycles. The van der Waals surface area contributed by atoms with Crippen molar-refractivity contribution in [3.8, 4) is 0 Å². The lowest BCUT2D eigenvalue weighted by Crippen LogP contribution is -2.45. The third kappa shape index (κ3) is 5.16. The predicted molar refractivity (Wildman–Crippen MR) is 118 cm³/mol. The number of hydrogen-bond donors (Lipinski definition) is 1. The zero-order valence-corrected chi connectivity index (χ0v) is 17.8. The van der Waals surface area contributed by atoms with E-state index >= 15 is 0 Å². The maximum absolute atomic E-state index is 13.3. The molecule has 0 radical (unpaired) electrons. The second-order valence-corrected chi connectivity index (χ2v) is 8.80. The molecule has 3 rings (SSSR count). The predicted octanol–water partition coefficient (Wildman–Crippen LogP) is 3.85. The summed E-state index contributed by atoms with van der Waals surface area (Å²) in [5.74, 6) is -1.44. The van der Waals surface area contributed by atoms with Gasteiger partial charge in [0.05, 0.1) is 17.6 Å². The smallest absolute Gasteiger partial charge is 0.248 e. The van der Waals surface area contributed by atoms with E-state index in [1.807, 2.05) is 0 Å². The van der Waals surface area contributed by atoms with Gasteiger partial charge in [-0.25, -0.2) is 12.8 Å². The molecule has 0 aliphatic rings. The summed E-state index contributed by atoms with van der Waals surface area (Å²) < 4.78 is 38.9. The molecule has 0 aromatic heterocycles. The Morgan fingerprint density at radius 2 is 1.48 bits per heavy atom. The molecular formula is C23H21FN2O4S. The molecule has 0 saturated heterocycles. The van der Waals surface area contributed by atoms with Gasteiger partial charge in [-0.3, -0.25) is 13.9 Å². The summed E-state index contributed by atoms with van der Waals surface area (Å²) in [5.41, 5.74) is 1.16. The molecule has 160 valence electrons. The molecule has 0 saturated carbocycles. The van der Waals surface area contributed by atoms with Crippen LogP contribution in [0, 0.1) is 5.82 Å². The lowest BCUT2D eigenvalue weighted by molar-refractivity contribution is -0.116. The molecular weight excluding hydrogens is 419 g/mol. The number of sulfonamides is 1. The molecule has 1 unspecified atom stereocenters. The van der Waals surface area contributed by atoms with Gasteiger partial charge in [0.1, 0.15) is 11.9 Å². The highest BCUT2D eigenvalue weighted by atomic mass is 32.2. The zero-order chi connectivity index (χ0) is 22.6. The molecule has 6 nitrogen and oxygen atoms in total. The fraction of sp³-hybridized carbons (Fsp3) is 0.130. The lowest BCUT2D eigenvalue weighted by atomic mass is 10.0. The molecule has 0 bridgehead atoms. The van der Waals surface area contributed by atoms with E-state index in [9.17, 15) is 22.4 Å². The van der Waals surface area contributed by atoms with Crippen LogP contribution in [0.1, 0.15) is 22.8 Å². The number of nitrogens with zero attached hydrogens (tertiary/aromatic N) is 1. The third-order valence-electron chi connectivity index (χ3n) is 4.64. The summed E-state index contributed by atoms with van der Waals surface area (Å²) in [6.45, 7) is 1.42. The van der Waals surface area contributed by atoms with Gasteiger partial charge >= 0.3 is 0 Å². The average molecular weight is 440 g/mol. The number of para-hydroxylation sites is 1. The van der Waals surface area contributed by atoms with Gasteiger partial charge in [0.2, 0.25) is 15.9 Å². The summed E-state index contributed by atoms with van der Waals surface area (Å²) in [4.78, 5) is 25.8. The van der Waals surface area contributed by atoms with Gasteiger partial charge in [-0.15, -0.1) is 0 Å². The Morgan fingerprint density at radius 3 is 2.10 bits per heavy atom. The molecule has 0 spiro atoms. The second kappa shape index (κ2) is 9.09. The normalized spacial score (nSPS) is 12.1. The number of ketones is 1. The number of halogens is 1. The molecule has 3 aromatic carbocycles. The van der Waals surface area contributed by atoms with Gasteiger partial charge in [0.25, 0.3) is 0 Å². The fourth-order valence-corrected chi connectivity index (χ4v) is 4.34. The number of nitrogens with one attached hydrogen (secondary N) is 1. The van der Waals surface area contributed by atoms with E-state index in [2.05, 4.69) is 5.32 Å². The maximum atomic E-state index is 13.3.